The van der Waals surface area contributed by atoms with Crippen molar-refractivity contribution in [1.29, 1.82) is 0 Å². The Kier molecular flexibility index (Phi) is 2.65. The van der Waals surface area contributed by atoms with Gasteiger partial charge in [0.05, 0.1) is 18.8 Å². The Morgan fingerprint density at radius 3 is 2.33 bits per heavy atom. The van der Waals surface area contributed by atoms with Gasteiger partial charge in [0.1, 0.15) is 0 Å². The fourth-order valence-electron chi connectivity index (χ4n) is 1.87. The molecule has 0 atom stereocenters. The highest BCUT2D eigenvalue weighted by atomic mass is 16.5. The fraction of sp³-hybridized carbons (Fsp3) is 0.800. The molecule has 0 saturated carbocycles. The number of nitrogens with one attached hydrogen (secondary N) is 1. The molecule has 5 nitrogen and oxygen atoms in total. The Balaban J connectivity index is 1.87. The molecule has 0 spiro atoms. The van der Waals surface area contributed by atoms with Crippen molar-refractivity contribution in [3.63, 3.8) is 0 Å². The van der Waals surface area contributed by atoms with E-state index in [-0.39, 0.29) is 5.54 Å². The van der Waals surface area contributed by atoms with E-state index in [0.29, 0.717) is 26.3 Å². The molecule has 0 aliphatic carbocycles. The number of nitrogens with zero attached hydrogens (tertiary/aromatic N) is 1. The fourth-order valence-corrected chi connectivity index (χ4v) is 1.87. The molecule has 2 amide bonds. The molecule has 2 saturated heterocycles. The summed E-state index contributed by atoms with van der Waals surface area (Å²) in [6, 6.07) is 0. The first-order valence-electron chi connectivity index (χ1n) is 5.30. The highest BCUT2D eigenvalue weighted by Gasteiger charge is 2.37. The number of carbonyl (C=O) groups excluding carboxylic acids is 2. The summed E-state index contributed by atoms with van der Waals surface area (Å²) in [5, 5.41) is 2.71. The molecule has 2 heterocycles. The number of amides is 2. The van der Waals surface area contributed by atoms with Crippen molar-refractivity contribution in [3.05, 3.63) is 0 Å². The summed E-state index contributed by atoms with van der Waals surface area (Å²) in [4.78, 5) is 24.8. The Morgan fingerprint density at radius 2 is 1.87 bits per heavy atom. The molecule has 0 aromatic heterocycles. The molecule has 2 fully saturated rings. The van der Waals surface area contributed by atoms with Crippen LogP contribution in [-0.2, 0) is 14.3 Å². The number of carbonyl (C=O) groups is 2. The monoisotopic (exact) mass is 212 g/mol. The van der Waals surface area contributed by atoms with Crippen LogP contribution in [-0.4, -0.2) is 48.6 Å². The van der Waals surface area contributed by atoms with E-state index in [2.05, 4.69) is 5.32 Å². The zero-order valence-electron chi connectivity index (χ0n) is 8.91. The van der Waals surface area contributed by atoms with Crippen molar-refractivity contribution in [3.8, 4) is 0 Å². The van der Waals surface area contributed by atoms with Gasteiger partial charge in [-0.25, -0.2) is 0 Å². The highest BCUT2D eigenvalue weighted by Crippen LogP contribution is 2.15. The van der Waals surface area contributed by atoms with Gasteiger partial charge in [0.25, 0.3) is 0 Å². The lowest BCUT2D eigenvalue weighted by Gasteiger charge is -2.38. The first-order chi connectivity index (χ1) is 7.11. The van der Waals surface area contributed by atoms with E-state index >= 15 is 0 Å². The maximum Gasteiger partial charge on any atom is 0.311 e. The lowest BCUT2D eigenvalue weighted by Crippen LogP contribution is -2.62. The Hall–Kier alpha value is -1.10. The minimum atomic E-state index is -0.498. The minimum Gasteiger partial charge on any atom is -0.376 e. The van der Waals surface area contributed by atoms with E-state index in [1.165, 1.54) is 0 Å². The summed E-state index contributed by atoms with van der Waals surface area (Å²) < 4.78 is 5.00. The third-order valence-electron chi connectivity index (χ3n) is 2.84. The second-order valence-corrected chi connectivity index (χ2v) is 4.51. The summed E-state index contributed by atoms with van der Waals surface area (Å²) in [6.07, 6.45) is 2.00. The molecule has 0 aromatic rings. The van der Waals surface area contributed by atoms with Gasteiger partial charge in [-0.05, 0) is 19.8 Å². The Morgan fingerprint density at radius 1 is 1.27 bits per heavy atom. The van der Waals surface area contributed by atoms with E-state index in [9.17, 15) is 9.59 Å². The molecular formula is C10H16N2O3. The predicted octanol–water partition coefficient (Wildman–Crippen LogP) is -0.486. The summed E-state index contributed by atoms with van der Waals surface area (Å²) in [6.45, 7) is 4.28. The van der Waals surface area contributed by atoms with Crippen LogP contribution in [0.4, 0.5) is 0 Å². The van der Waals surface area contributed by atoms with E-state index in [0.717, 1.165) is 12.8 Å². The molecule has 0 bridgehead atoms. The van der Waals surface area contributed by atoms with Crippen molar-refractivity contribution in [2.24, 2.45) is 0 Å². The molecule has 2 aliphatic heterocycles. The molecular weight excluding hydrogens is 196 g/mol. The van der Waals surface area contributed by atoms with Crippen LogP contribution in [0, 0.1) is 0 Å². The summed E-state index contributed by atoms with van der Waals surface area (Å²) in [7, 11) is 0. The van der Waals surface area contributed by atoms with Crippen LogP contribution >= 0.6 is 0 Å². The second-order valence-electron chi connectivity index (χ2n) is 4.51. The largest absolute Gasteiger partial charge is 0.376 e. The van der Waals surface area contributed by atoms with Crippen LogP contribution < -0.4 is 5.32 Å². The average Bonchev–Trinajstić information content (AvgIpc) is 2.66. The van der Waals surface area contributed by atoms with Gasteiger partial charge in [0.2, 0.25) is 0 Å². The van der Waals surface area contributed by atoms with Gasteiger partial charge < -0.3 is 15.0 Å². The molecule has 0 aromatic carbocycles. The molecule has 5 heteroatoms. The molecule has 0 unspecified atom stereocenters. The SMILES string of the molecule is CC1(NC(=O)C(=O)N2CCCC2)COC1. The number of ether oxygens (including phenoxy) is 1. The second kappa shape index (κ2) is 3.81. The van der Waals surface area contributed by atoms with E-state index in [4.69, 9.17) is 4.74 Å². The summed E-state index contributed by atoms with van der Waals surface area (Å²) in [5.41, 5.74) is -0.341. The van der Waals surface area contributed by atoms with Crippen molar-refractivity contribution in [1.82, 2.24) is 10.2 Å². The van der Waals surface area contributed by atoms with Crippen molar-refractivity contribution >= 4 is 11.8 Å². The molecule has 1 N–H and O–H groups in total. The molecule has 2 rings (SSSR count). The van der Waals surface area contributed by atoms with Gasteiger partial charge in [0, 0.05) is 13.1 Å². The van der Waals surface area contributed by atoms with Crippen molar-refractivity contribution < 1.29 is 14.3 Å². The topological polar surface area (TPSA) is 58.6 Å². The first-order valence-corrected chi connectivity index (χ1v) is 5.30. The van der Waals surface area contributed by atoms with Gasteiger partial charge in [-0.2, -0.15) is 0 Å². The van der Waals surface area contributed by atoms with Gasteiger partial charge in [-0.15, -0.1) is 0 Å². The van der Waals surface area contributed by atoms with Crippen molar-refractivity contribution in [2.45, 2.75) is 25.3 Å². The highest BCUT2D eigenvalue weighted by molar-refractivity contribution is 6.35. The van der Waals surface area contributed by atoms with E-state index in [1.54, 1.807) is 4.90 Å². The Bertz CT molecular complexity index is 280. The quantitative estimate of drug-likeness (QED) is 0.597. The lowest BCUT2D eigenvalue weighted by molar-refractivity contribution is -0.150. The summed E-state index contributed by atoms with van der Waals surface area (Å²) in [5.74, 6) is -0.900. The predicted molar refractivity (Wildman–Crippen MR) is 53.2 cm³/mol. The van der Waals surface area contributed by atoms with Gasteiger partial charge in [-0.3, -0.25) is 9.59 Å². The lowest BCUT2D eigenvalue weighted by atomic mass is 10.0. The number of likely N-dealkylation sites (tertiary alicyclic amines) is 1. The molecule has 2 aliphatic rings. The molecule has 15 heavy (non-hydrogen) atoms. The Labute approximate surface area is 88.8 Å². The third-order valence-corrected chi connectivity index (χ3v) is 2.84. The van der Waals surface area contributed by atoms with Crippen LogP contribution in [0.1, 0.15) is 19.8 Å². The van der Waals surface area contributed by atoms with Gasteiger partial charge >= 0.3 is 11.8 Å². The maximum atomic E-state index is 11.6. The van der Waals surface area contributed by atoms with Crippen LogP contribution in [0.3, 0.4) is 0 Å². The van der Waals surface area contributed by atoms with Crippen LogP contribution in [0.2, 0.25) is 0 Å². The van der Waals surface area contributed by atoms with E-state index in [1.807, 2.05) is 6.92 Å². The number of rotatable bonds is 1. The zero-order valence-corrected chi connectivity index (χ0v) is 8.91. The third kappa shape index (κ3) is 2.12. The summed E-state index contributed by atoms with van der Waals surface area (Å²) >= 11 is 0. The minimum absolute atomic E-state index is 0.341. The molecule has 0 radical (unpaired) electrons. The number of hydrogen-bond donors (Lipinski definition) is 1. The van der Waals surface area contributed by atoms with Crippen LogP contribution in [0.25, 0.3) is 0 Å². The standard InChI is InChI=1S/C10H16N2O3/c1-10(6-15-7-10)11-8(13)9(14)12-4-2-3-5-12/h2-7H2,1H3,(H,11,13). The molecule has 84 valence electrons. The smallest absolute Gasteiger partial charge is 0.311 e. The zero-order chi connectivity index (χ0) is 10.9. The van der Waals surface area contributed by atoms with Gasteiger partial charge in [-0.1, -0.05) is 0 Å². The van der Waals surface area contributed by atoms with E-state index < -0.39 is 11.8 Å². The maximum absolute atomic E-state index is 11.6. The average molecular weight is 212 g/mol. The van der Waals surface area contributed by atoms with Crippen LogP contribution in [0.5, 0.6) is 0 Å². The van der Waals surface area contributed by atoms with Crippen molar-refractivity contribution in [2.75, 3.05) is 26.3 Å². The van der Waals surface area contributed by atoms with Gasteiger partial charge in [0.15, 0.2) is 0 Å². The first kappa shape index (κ1) is 10.4. The normalized spacial score (nSPS) is 23.4. The van der Waals surface area contributed by atoms with Crippen LogP contribution in [0.15, 0.2) is 0 Å². The number of hydrogen-bond acceptors (Lipinski definition) is 3.